The Morgan fingerprint density at radius 1 is 1.30 bits per heavy atom. The van der Waals surface area contributed by atoms with Gasteiger partial charge in [0.05, 0.1) is 6.04 Å². The fourth-order valence-corrected chi connectivity index (χ4v) is 3.05. The van der Waals surface area contributed by atoms with Gasteiger partial charge in [0.1, 0.15) is 5.60 Å². The molecule has 1 heterocycles. The number of nitrogens with zero attached hydrogens (tertiary/aromatic N) is 2. The van der Waals surface area contributed by atoms with Gasteiger partial charge in [-0.2, -0.15) is 0 Å². The predicted octanol–water partition coefficient (Wildman–Crippen LogP) is 1.97. The van der Waals surface area contributed by atoms with Crippen molar-refractivity contribution < 1.29 is 14.3 Å². The second-order valence-electron chi connectivity index (χ2n) is 7.95. The van der Waals surface area contributed by atoms with Gasteiger partial charge in [-0.15, -0.1) is 0 Å². The minimum atomic E-state index is -0.477. The molecule has 1 aliphatic carbocycles. The maximum Gasteiger partial charge on any atom is 0.410 e. The van der Waals surface area contributed by atoms with Crippen LogP contribution in [-0.4, -0.2) is 59.1 Å². The normalized spacial score (nSPS) is 23.3. The van der Waals surface area contributed by atoms with E-state index in [4.69, 9.17) is 10.5 Å². The molecule has 1 saturated heterocycles. The van der Waals surface area contributed by atoms with Crippen molar-refractivity contribution in [3.8, 4) is 0 Å². The molecule has 2 atom stereocenters. The molecule has 2 fully saturated rings. The Balaban J connectivity index is 1.92. The first-order valence-electron chi connectivity index (χ1n) is 8.71. The number of likely N-dealkylation sites (tertiary alicyclic amines) is 1. The molecule has 2 N–H and O–H groups in total. The van der Waals surface area contributed by atoms with E-state index in [1.165, 1.54) is 0 Å². The molecule has 6 heteroatoms. The number of carbonyl (C=O) groups is 2. The van der Waals surface area contributed by atoms with Gasteiger partial charge in [0.25, 0.3) is 0 Å². The second-order valence-corrected chi connectivity index (χ2v) is 7.95. The van der Waals surface area contributed by atoms with Crippen LogP contribution in [0.25, 0.3) is 0 Å². The van der Waals surface area contributed by atoms with Crippen molar-refractivity contribution in [1.29, 1.82) is 0 Å². The van der Waals surface area contributed by atoms with E-state index >= 15 is 0 Å². The van der Waals surface area contributed by atoms with Crippen molar-refractivity contribution in [1.82, 2.24) is 9.80 Å². The third-order valence-corrected chi connectivity index (χ3v) is 4.29. The molecule has 6 nitrogen and oxygen atoms in total. The molecule has 0 aromatic heterocycles. The van der Waals surface area contributed by atoms with Crippen LogP contribution in [0, 0.1) is 5.92 Å². The topological polar surface area (TPSA) is 75.9 Å². The lowest BCUT2D eigenvalue weighted by Crippen LogP contribution is -2.49. The number of amides is 2. The van der Waals surface area contributed by atoms with Crippen LogP contribution in [0.4, 0.5) is 4.79 Å². The Morgan fingerprint density at radius 2 is 1.96 bits per heavy atom. The van der Waals surface area contributed by atoms with Crippen LogP contribution in [0.5, 0.6) is 0 Å². The summed E-state index contributed by atoms with van der Waals surface area (Å²) < 4.78 is 5.46. The molecule has 0 aromatic rings. The second kappa shape index (κ2) is 7.07. The lowest BCUT2D eigenvalue weighted by atomic mass is 9.97. The molecule has 2 rings (SSSR count). The van der Waals surface area contributed by atoms with E-state index in [2.05, 4.69) is 0 Å². The minimum absolute atomic E-state index is 0.0295. The van der Waals surface area contributed by atoms with Crippen molar-refractivity contribution in [2.24, 2.45) is 11.7 Å². The number of hydrogen-bond acceptors (Lipinski definition) is 4. The van der Waals surface area contributed by atoms with E-state index in [1.54, 1.807) is 11.8 Å². The van der Waals surface area contributed by atoms with E-state index < -0.39 is 11.6 Å². The maximum atomic E-state index is 12.3. The van der Waals surface area contributed by atoms with Crippen LogP contribution in [0.15, 0.2) is 0 Å². The first kappa shape index (κ1) is 18.0. The van der Waals surface area contributed by atoms with Gasteiger partial charge in [0, 0.05) is 25.7 Å². The average Bonchev–Trinajstić information content (AvgIpc) is 3.27. The summed E-state index contributed by atoms with van der Waals surface area (Å²) in [6.45, 7) is 9.46. The first-order valence-corrected chi connectivity index (χ1v) is 8.71. The lowest BCUT2D eigenvalue weighted by Gasteiger charge is -2.37. The average molecular weight is 325 g/mol. The van der Waals surface area contributed by atoms with Gasteiger partial charge in [0.2, 0.25) is 5.91 Å². The largest absolute Gasteiger partial charge is 0.444 e. The van der Waals surface area contributed by atoms with Gasteiger partial charge in [-0.1, -0.05) is 0 Å². The zero-order valence-corrected chi connectivity index (χ0v) is 14.9. The number of rotatable bonds is 4. The van der Waals surface area contributed by atoms with Crippen LogP contribution >= 0.6 is 0 Å². The number of piperidine rings is 1. The highest BCUT2D eigenvalue weighted by molar-refractivity contribution is 5.81. The number of ether oxygens (including phenoxy) is 1. The summed E-state index contributed by atoms with van der Waals surface area (Å²) in [6, 6.07) is -0.105. The Bertz CT molecular complexity index is 441. The lowest BCUT2D eigenvalue weighted by molar-refractivity contribution is -0.133. The van der Waals surface area contributed by atoms with Crippen molar-refractivity contribution in [2.45, 2.75) is 71.1 Å². The van der Waals surface area contributed by atoms with Crippen molar-refractivity contribution >= 4 is 12.0 Å². The Kier molecular flexibility index (Phi) is 5.55. The van der Waals surface area contributed by atoms with Gasteiger partial charge in [-0.25, -0.2) is 4.79 Å². The van der Waals surface area contributed by atoms with Crippen LogP contribution in [0.2, 0.25) is 0 Å². The molecule has 0 bridgehead atoms. The van der Waals surface area contributed by atoms with Gasteiger partial charge in [-0.05, 0) is 59.3 Å². The number of hydrogen-bond donors (Lipinski definition) is 1. The molecular formula is C17H31N3O3. The summed E-state index contributed by atoms with van der Waals surface area (Å²) in [4.78, 5) is 28.3. The fraction of sp³-hybridized carbons (Fsp3) is 0.882. The van der Waals surface area contributed by atoms with E-state index in [0.717, 1.165) is 32.2 Å². The Morgan fingerprint density at radius 3 is 2.48 bits per heavy atom. The summed E-state index contributed by atoms with van der Waals surface area (Å²) in [5.74, 6) is 0.335. The summed E-state index contributed by atoms with van der Waals surface area (Å²) in [5.41, 5.74) is 5.30. The highest BCUT2D eigenvalue weighted by atomic mass is 16.6. The molecule has 2 aliphatic rings. The zero-order chi connectivity index (χ0) is 17.2. The fourth-order valence-electron chi connectivity index (χ4n) is 3.05. The number of nitrogens with two attached hydrogens (primary N) is 1. The smallest absolute Gasteiger partial charge is 0.410 e. The zero-order valence-electron chi connectivity index (χ0n) is 14.9. The quantitative estimate of drug-likeness (QED) is 0.857. The molecule has 0 radical (unpaired) electrons. The summed E-state index contributed by atoms with van der Waals surface area (Å²) >= 11 is 0. The van der Waals surface area contributed by atoms with Crippen molar-refractivity contribution in [3.05, 3.63) is 0 Å². The van der Waals surface area contributed by atoms with Gasteiger partial charge in [0.15, 0.2) is 0 Å². The van der Waals surface area contributed by atoms with Crippen LogP contribution < -0.4 is 5.73 Å². The molecule has 0 aromatic carbocycles. The molecule has 1 aliphatic heterocycles. The summed E-state index contributed by atoms with van der Waals surface area (Å²) in [7, 11) is 0. The van der Waals surface area contributed by atoms with Crippen LogP contribution in [0.3, 0.4) is 0 Å². The van der Waals surface area contributed by atoms with Crippen LogP contribution in [-0.2, 0) is 9.53 Å². The minimum Gasteiger partial charge on any atom is -0.444 e. The molecule has 132 valence electrons. The van der Waals surface area contributed by atoms with E-state index in [1.807, 2.05) is 25.7 Å². The third kappa shape index (κ3) is 5.37. The van der Waals surface area contributed by atoms with Gasteiger partial charge in [-0.3, -0.25) is 4.79 Å². The van der Waals surface area contributed by atoms with Crippen molar-refractivity contribution in [3.63, 3.8) is 0 Å². The summed E-state index contributed by atoms with van der Waals surface area (Å²) in [6.07, 6.45) is 3.88. The van der Waals surface area contributed by atoms with Gasteiger partial charge < -0.3 is 20.3 Å². The third-order valence-electron chi connectivity index (χ3n) is 4.29. The van der Waals surface area contributed by atoms with Crippen LogP contribution in [0.1, 0.15) is 53.4 Å². The standard InChI is InChI=1S/C17H31N3O3/c1-12(18)15(21)20(14-7-8-14)11-13-6-5-9-19(10-13)16(22)23-17(2,3)4/h12-14H,5-11,18H2,1-4H3/t12-,13?/m0/s1. The molecule has 23 heavy (non-hydrogen) atoms. The van der Waals surface area contributed by atoms with E-state index in [-0.39, 0.29) is 12.0 Å². The molecular weight excluding hydrogens is 294 g/mol. The highest BCUT2D eigenvalue weighted by Crippen LogP contribution is 2.30. The predicted molar refractivity (Wildman–Crippen MR) is 88.9 cm³/mol. The molecule has 0 spiro atoms. The van der Waals surface area contributed by atoms with Crippen molar-refractivity contribution in [2.75, 3.05) is 19.6 Å². The summed E-state index contributed by atoms with van der Waals surface area (Å²) in [5, 5.41) is 0. The SMILES string of the molecule is C[C@H](N)C(=O)N(CC1CCCN(C(=O)OC(C)(C)C)C1)C1CC1. The number of carbonyl (C=O) groups excluding carboxylic acids is 2. The molecule has 2 amide bonds. The Labute approximate surface area is 139 Å². The van der Waals surface area contributed by atoms with E-state index in [9.17, 15) is 9.59 Å². The monoisotopic (exact) mass is 325 g/mol. The molecule has 1 saturated carbocycles. The van der Waals surface area contributed by atoms with E-state index in [0.29, 0.717) is 25.0 Å². The highest BCUT2D eigenvalue weighted by Gasteiger charge is 2.36. The van der Waals surface area contributed by atoms with Gasteiger partial charge >= 0.3 is 6.09 Å². The Hall–Kier alpha value is -1.30. The maximum absolute atomic E-state index is 12.3. The first-order chi connectivity index (χ1) is 10.7. The molecule has 1 unspecified atom stereocenters.